The average molecular weight is 323 g/mol. The Bertz CT molecular complexity index is 729. The van der Waals surface area contributed by atoms with Crippen molar-refractivity contribution in [3.05, 3.63) is 64.7 Å². The van der Waals surface area contributed by atoms with Gasteiger partial charge in [0.2, 0.25) is 0 Å². The molecule has 2 aromatic carbocycles. The molecule has 1 N–H and O–H groups in total. The Morgan fingerprint density at radius 3 is 2.33 bits per heavy atom. The van der Waals surface area contributed by atoms with Gasteiger partial charge in [0.1, 0.15) is 12.4 Å². The number of aliphatic hydroxyl groups is 1. The Morgan fingerprint density at radius 2 is 1.71 bits per heavy atom. The number of hydrogen-bond acceptors (Lipinski definition) is 3. The Labute approximate surface area is 144 Å². The third kappa shape index (κ3) is 4.15. The third-order valence-corrected chi connectivity index (χ3v) is 4.18. The Hall–Kier alpha value is -2.31. The fraction of sp³-hybridized carbons (Fsp3) is 0.381. The molecule has 126 valence electrons. The van der Waals surface area contributed by atoms with Crippen molar-refractivity contribution in [3.8, 4) is 11.8 Å². The molecule has 0 aliphatic carbocycles. The highest BCUT2D eigenvalue weighted by molar-refractivity contribution is 5.41. The molecule has 0 amide bonds. The summed E-state index contributed by atoms with van der Waals surface area (Å²) >= 11 is 0. The lowest BCUT2D eigenvalue weighted by atomic mass is 9.96. The number of benzene rings is 2. The maximum Gasteiger partial charge on any atom is 0.166 e. The van der Waals surface area contributed by atoms with Crippen LogP contribution in [-0.4, -0.2) is 5.11 Å². The number of nitrogens with zero attached hydrogens (tertiary/aromatic N) is 1. The molecule has 0 bridgehead atoms. The minimum Gasteiger partial charge on any atom is -0.489 e. The van der Waals surface area contributed by atoms with Crippen LogP contribution < -0.4 is 4.74 Å². The Kier molecular flexibility index (Phi) is 6.00. The van der Waals surface area contributed by atoms with Crippen molar-refractivity contribution in [1.29, 1.82) is 5.26 Å². The van der Waals surface area contributed by atoms with Crippen LogP contribution in [0, 0.1) is 11.3 Å². The van der Waals surface area contributed by atoms with Gasteiger partial charge in [0.15, 0.2) is 6.10 Å². The molecule has 0 fully saturated rings. The Morgan fingerprint density at radius 1 is 1.00 bits per heavy atom. The van der Waals surface area contributed by atoms with Crippen LogP contribution in [-0.2, 0) is 6.61 Å². The van der Waals surface area contributed by atoms with Gasteiger partial charge in [-0.05, 0) is 34.6 Å². The number of nitriles is 1. The van der Waals surface area contributed by atoms with Crippen molar-refractivity contribution >= 4 is 0 Å². The van der Waals surface area contributed by atoms with Crippen molar-refractivity contribution in [2.45, 2.75) is 52.2 Å². The van der Waals surface area contributed by atoms with Crippen molar-refractivity contribution in [2.24, 2.45) is 0 Å². The molecule has 0 saturated carbocycles. The smallest absolute Gasteiger partial charge is 0.166 e. The summed E-state index contributed by atoms with van der Waals surface area (Å²) in [7, 11) is 0. The molecule has 0 aliphatic rings. The zero-order valence-electron chi connectivity index (χ0n) is 14.8. The molecule has 0 aliphatic heterocycles. The van der Waals surface area contributed by atoms with E-state index in [1.807, 2.05) is 24.3 Å². The van der Waals surface area contributed by atoms with Gasteiger partial charge in [0.05, 0.1) is 6.07 Å². The second-order valence-corrected chi connectivity index (χ2v) is 6.63. The number of rotatable bonds is 6. The van der Waals surface area contributed by atoms with Crippen molar-refractivity contribution < 1.29 is 9.84 Å². The van der Waals surface area contributed by atoms with E-state index in [0.29, 0.717) is 24.0 Å². The zero-order chi connectivity index (χ0) is 17.7. The van der Waals surface area contributed by atoms with Crippen LogP contribution in [0.5, 0.6) is 5.75 Å². The van der Waals surface area contributed by atoms with Gasteiger partial charge in [-0.15, -0.1) is 0 Å². The summed E-state index contributed by atoms with van der Waals surface area (Å²) < 4.78 is 6.09. The molecular weight excluding hydrogens is 298 g/mol. The van der Waals surface area contributed by atoms with Crippen molar-refractivity contribution in [1.82, 2.24) is 0 Å². The predicted molar refractivity (Wildman–Crippen MR) is 96.0 cm³/mol. The number of aliphatic hydroxyl groups excluding tert-OH is 1. The van der Waals surface area contributed by atoms with E-state index in [4.69, 9.17) is 10.00 Å². The maximum absolute atomic E-state index is 9.85. The Balaban J connectivity index is 2.29. The van der Waals surface area contributed by atoms with Gasteiger partial charge in [-0.1, -0.05) is 64.1 Å². The molecule has 3 heteroatoms. The van der Waals surface area contributed by atoms with Gasteiger partial charge in [0, 0.05) is 5.56 Å². The molecule has 24 heavy (non-hydrogen) atoms. The summed E-state index contributed by atoms with van der Waals surface area (Å²) in [6.45, 7) is 8.94. The first-order valence-corrected chi connectivity index (χ1v) is 8.36. The molecule has 0 radical (unpaired) electrons. The molecule has 3 nitrogen and oxygen atoms in total. The summed E-state index contributed by atoms with van der Waals surface area (Å²) in [5, 5.41) is 18.8. The van der Waals surface area contributed by atoms with E-state index in [0.717, 1.165) is 16.9 Å². The first kappa shape index (κ1) is 18.0. The standard InChI is InChI=1S/C21H25NO2/c1-14(2)16-9-10-18(15(3)4)21(11-16)24-13-17-7-5-6-8-19(17)20(23)12-22/h5-11,14-15,20,23H,13H2,1-4H3. The predicted octanol–water partition coefficient (Wildman–Crippen LogP) is 5.07. The van der Waals surface area contributed by atoms with Crippen LogP contribution >= 0.6 is 0 Å². The first-order chi connectivity index (χ1) is 11.4. The molecule has 0 saturated heterocycles. The molecule has 0 spiro atoms. The first-order valence-electron chi connectivity index (χ1n) is 8.36. The second kappa shape index (κ2) is 7.99. The summed E-state index contributed by atoms with van der Waals surface area (Å²) in [5.74, 6) is 1.67. The van der Waals surface area contributed by atoms with Crippen molar-refractivity contribution in [3.63, 3.8) is 0 Å². The van der Waals surface area contributed by atoms with Crippen molar-refractivity contribution in [2.75, 3.05) is 0 Å². The summed E-state index contributed by atoms with van der Waals surface area (Å²) in [4.78, 5) is 0. The van der Waals surface area contributed by atoms with Crippen LogP contribution in [0.2, 0.25) is 0 Å². The van der Waals surface area contributed by atoms with Crippen LogP contribution in [0.3, 0.4) is 0 Å². The molecule has 2 aromatic rings. The highest BCUT2D eigenvalue weighted by Crippen LogP contribution is 2.31. The summed E-state index contributed by atoms with van der Waals surface area (Å²) in [6.07, 6.45) is -1.13. The van der Waals surface area contributed by atoms with E-state index in [1.54, 1.807) is 6.07 Å². The maximum atomic E-state index is 9.85. The molecular formula is C21H25NO2. The van der Waals surface area contributed by atoms with E-state index in [1.165, 1.54) is 5.56 Å². The summed E-state index contributed by atoms with van der Waals surface area (Å²) in [5.41, 5.74) is 3.83. The fourth-order valence-corrected chi connectivity index (χ4v) is 2.67. The molecule has 1 unspecified atom stereocenters. The van der Waals surface area contributed by atoms with Gasteiger partial charge in [-0.2, -0.15) is 5.26 Å². The van der Waals surface area contributed by atoms with E-state index in [-0.39, 0.29) is 0 Å². The van der Waals surface area contributed by atoms with Crippen LogP contribution in [0.1, 0.15) is 67.9 Å². The van der Waals surface area contributed by atoms with Gasteiger partial charge in [-0.25, -0.2) is 0 Å². The van der Waals surface area contributed by atoms with Crippen LogP contribution in [0.4, 0.5) is 0 Å². The monoisotopic (exact) mass is 323 g/mol. The van der Waals surface area contributed by atoms with Gasteiger partial charge in [-0.3, -0.25) is 0 Å². The normalized spacial score (nSPS) is 12.2. The van der Waals surface area contributed by atoms with Gasteiger partial charge in [0.25, 0.3) is 0 Å². The minimum absolute atomic E-state index is 0.330. The lowest BCUT2D eigenvalue weighted by molar-refractivity contribution is 0.229. The van der Waals surface area contributed by atoms with Crippen LogP contribution in [0.15, 0.2) is 42.5 Å². The molecule has 0 aromatic heterocycles. The second-order valence-electron chi connectivity index (χ2n) is 6.63. The van der Waals surface area contributed by atoms with E-state index >= 15 is 0 Å². The highest BCUT2D eigenvalue weighted by Gasteiger charge is 2.14. The minimum atomic E-state index is -1.13. The average Bonchev–Trinajstić information content (AvgIpc) is 2.59. The number of ether oxygens (including phenoxy) is 1. The quantitative estimate of drug-likeness (QED) is 0.755. The van der Waals surface area contributed by atoms with Gasteiger partial charge >= 0.3 is 0 Å². The van der Waals surface area contributed by atoms with E-state index in [2.05, 4.69) is 45.9 Å². The zero-order valence-corrected chi connectivity index (χ0v) is 14.8. The van der Waals surface area contributed by atoms with E-state index in [9.17, 15) is 5.11 Å². The lowest BCUT2D eigenvalue weighted by Crippen LogP contribution is -2.05. The SMILES string of the molecule is CC(C)c1ccc(C(C)C)c(OCc2ccccc2C(O)C#N)c1. The highest BCUT2D eigenvalue weighted by atomic mass is 16.5. The molecule has 0 heterocycles. The van der Waals surface area contributed by atoms with Gasteiger partial charge < -0.3 is 9.84 Å². The van der Waals surface area contributed by atoms with E-state index < -0.39 is 6.10 Å². The fourth-order valence-electron chi connectivity index (χ4n) is 2.67. The third-order valence-electron chi connectivity index (χ3n) is 4.18. The lowest BCUT2D eigenvalue weighted by Gasteiger charge is -2.18. The number of hydrogen-bond donors (Lipinski definition) is 1. The molecule has 2 rings (SSSR count). The van der Waals surface area contributed by atoms with Crippen LogP contribution in [0.25, 0.3) is 0 Å². The summed E-state index contributed by atoms with van der Waals surface area (Å²) in [6, 6.07) is 15.6. The molecule has 1 atom stereocenters. The topological polar surface area (TPSA) is 53.2 Å². The largest absolute Gasteiger partial charge is 0.489 e.